The maximum Gasteiger partial charge on any atom is 0.254 e. The standard InChI is InChI=1S/C21H21FN4O/c1-15-4-2-3-5-18(15)21(27)26-12-10-25(11-13-26)20-14-19(23-24-20)16-6-8-17(22)9-7-16/h2-9,14H,10-13H2,1H3,(H,23,24). The van der Waals surface area contributed by atoms with E-state index in [1.54, 1.807) is 12.1 Å². The van der Waals surface area contributed by atoms with E-state index < -0.39 is 0 Å². The molecule has 2 aromatic carbocycles. The number of halogens is 1. The van der Waals surface area contributed by atoms with Gasteiger partial charge in [-0.25, -0.2) is 4.39 Å². The van der Waals surface area contributed by atoms with Crippen molar-refractivity contribution in [1.29, 1.82) is 0 Å². The van der Waals surface area contributed by atoms with Gasteiger partial charge in [0.2, 0.25) is 0 Å². The second-order valence-corrected chi connectivity index (χ2v) is 6.74. The van der Waals surface area contributed by atoms with Gasteiger partial charge in [-0.2, -0.15) is 5.10 Å². The minimum atomic E-state index is -0.257. The zero-order chi connectivity index (χ0) is 18.8. The highest BCUT2D eigenvalue weighted by molar-refractivity contribution is 5.95. The lowest BCUT2D eigenvalue weighted by atomic mass is 10.1. The lowest BCUT2D eigenvalue weighted by Gasteiger charge is -2.35. The first-order valence-corrected chi connectivity index (χ1v) is 9.03. The Labute approximate surface area is 157 Å². The minimum absolute atomic E-state index is 0.0850. The lowest BCUT2D eigenvalue weighted by Crippen LogP contribution is -2.49. The van der Waals surface area contributed by atoms with Crippen LogP contribution >= 0.6 is 0 Å². The summed E-state index contributed by atoms with van der Waals surface area (Å²) >= 11 is 0. The van der Waals surface area contributed by atoms with Crippen LogP contribution in [-0.2, 0) is 0 Å². The summed E-state index contributed by atoms with van der Waals surface area (Å²) in [7, 11) is 0. The molecule has 1 saturated heterocycles. The van der Waals surface area contributed by atoms with Crippen LogP contribution in [0.5, 0.6) is 0 Å². The monoisotopic (exact) mass is 364 g/mol. The number of piperazine rings is 1. The quantitative estimate of drug-likeness (QED) is 0.774. The van der Waals surface area contributed by atoms with Gasteiger partial charge in [-0.3, -0.25) is 9.89 Å². The zero-order valence-electron chi connectivity index (χ0n) is 15.2. The lowest BCUT2D eigenvalue weighted by molar-refractivity contribution is 0.0746. The largest absolute Gasteiger partial charge is 0.352 e. The van der Waals surface area contributed by atoms with Gasteiger partial charge in [-0.1, -0.05) is 18.2 Å². The molecule has 1 aliphatic heterocycles. The second kappa shape index (κ2) is 7.23. The molecule has 3 aromatic rings. The maximum atomic E-state index is 13.1. The number of rotatable bonds is 3. The van der Waals surface area contributed by atoms with Crippen LogP contribution in [0.15, 0.2) is 54.6 Å². The van der Waals surface area contributed by atoms with Crippen LogP contribution in [0, 0.1) is 12.7 Å². The number of amides is 1. The van der Waals surface area contributed by atoms with Crippen molar-refractivity contribution in [2.45, 2.75) is 6.92 Å². The third-order valence-corrected chi connectivity index (χ3v) is 4.99. The fourth-order valence-electron chi connectivity index (χ4n) is 3.37. The molecule has 1 aromatic heterocycles. The van der Waals surface area contributed by atoms with Gasteiger partial charge in [-0.05, 0) is 48.4 Å². The number of nitrogens with one attached hydrogen (secondary N) is 1. The molecule has 0 spiro atoms. The molecule has 0 aliphatic carbocycles. The Hall–Kier alpha value is -3.15. The Bertz CT molecular complexity index is 943. The van der Waals surface area contributed by atoms with E-state index in [1.165, 1.54) is 12.1 Å². The molecule has 6 heteroatoms. The highest BCUT2D eigenvalue weighted by Gasteiger charge is 2.24. The number of benzene rings is 2. The Morgan fingerprint density at radius 1 is 1.04 bits per heavy atom. The van der Waals surface area contributed by atoms with E-state index in [0.717, 1.165) is 41.3 Å². The molecule has 0 radical (unpaired) electrons. The van der Waals surface area contributed by atoms with Crippen molar-refractivity contribution in [1.82, 2.24) is 15.1 Å². The van der Waals surface area contributed by atoms with Crippen molar-refractivity contribution < 1.29 is 9.18 Å². The molecule has 0 saturated carbocycles. The number of hydrogen-bond donors (Lipinski definition) is 1. The van der Waals surface area contributed by atoms with Crippen LogP contribution in [0.1, 0.15) is 15.9 Å². The Morgan fingerprint density at radius 2 is 1.74 bits per heavy atom. The molecule has 1 aliphatic rings. The molecule has 27 heavy (non-hydrogen) atoms. The van der Waals surface area contributed by atoms with Crippen LogP contribution in [0.4, 0.5) is 10.2 Å². The second-order valence-electron chi connectivity index (χ2n) is 6.74. The highest BCUT2D eigenvalue weighted by Crippen LogP contribution is 2.23. The number of nitrogens with zero attached hydrogens (tertiary/aromatic N) is 3. The van der Waals surface area contributed by atoms with Gasteiger partial charge >= 0.3 is 0 Å². The predicted molar refractivity (Wildman–Crippen MR) is 103 cm³/mol. The summed E-state index contributed by atoms with van der Waals surface area (Å²) in [5, 5.41) is 7.40. The van der Waals surface area contributed by atoms with Gasteiger partial charge in [0.25, 0.3) is 5.91 Å². The van der Waals surface area contributed by atoms with Crippen molar-refractivity contribution in [3.63, 3.8) is 0 Å². The third kappa shape index (κ3) is 3.56. The molecule has 4 rings (SSSR count). The normalized spacial score (nSPS) is 14.4. The van der Waals surface area contributed by atoms with Crippen LogP contribution in [-0.4, -0.2) is 47.2 Å². The number of carbonyl (C=O) groups excluding carboxylic acids is 1. The van der Waals surface area contributed by atoms with E-state index in [1.807, 2.05) is 42.2 Å². The minimum Gasteiger partial charge on any atom is -0.352 e. The summed E-state index contributed by atoms with van der Waals surface area (Å²) in [6.45, 7) is 4.73. The zero-order valence-corrected chi connectivity index (χ0v) is 15.2. The number of anilines is 1. The Balaban J connectivity index is 1.42. The van der Waals surface area contributed by atoms with E-state index in [2.05, 4.69) is 15.1 Å². The van der Waals surface area contributed by atoms with E-state index in [4.69, 9.17) is 0 Å². The number of aromatic nitrogens is 2. The topological polar surface area (TPSA) is 52.2 Å². The fraction of sp³-hybridized carbons (Fsp3) is 0.238. The molecule has 1 N–H and O–H groups in total. The maximum absolute atomic E-state index is 13.1. The average molecular weight is 364 g/mol. The van der Waals surface area contributed by atoms with Gasteiger partial charge in [0.15, 0.2) is 5.82 Å². The van der Waals surface area contributed by atoms with Crippen LogP contribution < -0.4 is 4.90 Å². The fourth-order valence-corrected chi connectivity index (χ4v) is 3.37. The summed E-state index contributed by atoms with van der Waals surface area (Å²) in [6, 6.07) is 16.0. The first-order chi connectivity index (χ1) is 13.1. The number of H-pyrrole nitrogens is 1. The van der Waals surface area contributed by atoms with E-state index in [9.17, 15) is 9.18 Å². The summed E-state index contributed by atoms with van der Waals surface area (Å²) < 4.78 is 13.1. The first kappa shape index (κ1) is 17.3. The summed E-state index contributed by atoms with van der Waals surface area (Å²) in [5.41, 5.74) is 3.51. The van der Waals surface area contributed by atoms with Crippen molar-refractivity contribution >= 4 is 11.7 Å². The summed E-state index contributed by atoms with van der Waals surface area (Å²) in [4.78, 5) is 16.8. The van der Waals surface area contributed by atoms with Gasteiger partial charge in [-0.15, -0.1) is 0 Å². The van der Waals surface area contributed by atoms with E-state index in [0.29, 0.717) is 13.1 Å². The molecule has 5 nitrogen and oxygen atoms in total. The average Bonchev–Trinajstić information content (AvgIpc) is 3.19. The third-order valence-electron chi connectivity index (χ3n) is 4.99. The molecular weight excluding hydrogens is 343 g/mol. The predicted octanol–water partition coefficient (Wildman–Crippen LogP) is 3.49. The number of hydrogen-bond acceptors (Lipinski definition) is 3. The van der Waals surface area contributed by atoms with Crippen molar-refractivity contribution in [3.05, 3.63) is 71.5 Å². The molecular formula is C21H21FN4O. The number of aryl methyl sites for hydroxylation is 1. The molecule has 2 heterocycles. The molecule has 0 unspecified atom stereocenters. The Kier molecular flexibility index (Phi) is 4.62. The number of carbonyl (C=O) groups is 1. The van der Waals surface area contributed by atoms with Crippen LogP contribution in [0.3, 0.4) is 0 Å². The Morgan fingerprint density at radius 3 is 2.44 bits per heavy atom. The van der Waals surface area contributed by atoms with Gasteiger partial charge in [0.05, 0.1) is 5.69 Å². The summed E-state index contributed by atoms with van der Waals surface area (Å²) in [5.74, 6) is 0.673. The van der Waals surface area contributed by atoms with Crippen molar-refractivity contribution in [2.24, 2.45) is 0 Å². The molecule has 0 bridgehead atoms. The molecule has 0 atom stereocenters. The number of aromatic amines is 1. The van der Waals surface area contributed by atoms with Crippen LogP contribution in [0.2, 0.25) is 0 Å². The van der Waals surface area contributed by atoms with Gasteiger partial charge < -0.3 is 9.80 Å². The molecule has 1 amide bonds. The SMILES string of the molecule is Cc1ccccc1C(=O)N1CCN(c2cc(-c3ccc(F)cc3)[nH]n2)CC1. The van der Waals surface area contributed by atoms with Crippen LogP contribution in [0.25, 0.3) is 11.3 Å². The highest BCUT2D eigenvalue weighted by atomic mass is 19.1. The summed E-state index contributed by atoms with van der Waals surface area (Å²) in [6.07, 6.45) is 0. The van der Waals surface area contributed by atoms with E-state index >= 15 is 0 Å². The van der Waals surface area contributed by atoms with Gasteiger partial charge in [0, 0.05) is 37.8 Å². The van der Waals surface area contributed by atoms with Crippen molar-refractivity contribution in [2.75, 3.05) is 31.1 Å². The first-order valence-electron chi connectivity index (χ1n) is 9.03. The molecule has 1 fully saturated rings. The van der Waals surface area contributed by atoms with Crippen molar-refractivity contribution in [3.8, 4) is 11.3 Å². The van der Waals surface area contributed by atoms with Gasteiger partial charge in [0.1, 0.15) is 5.82 Å². The van der Waals surface area contributed by atoms with E-state index in [-0.39, 0.29) is 11.7 Å². The smallest absolute Gasteiger partial charge is 0.254 e. The molecule has 138 valence electrons.